The van der Waals surface area contributed by atoms with Gasteiger partial charge < -0.3 is 31.2 Å². The van der Waals surface area contributed by atoms with Crippen molar-refractivity contribution in [3.63, 3.8) is 0 Å². The number of nitrogens with one attached hydrogen (secondary N) is 4. The molecular weight excluding hydrogens is 977 g/mol. The average molecular weight is 1040 g/mol. The Balaban J connectivity index is 0.000000165. The molecule has 14 nitrogen and oxygen atoms in total. The summed E-state index contributed by atoms with van der Waals surface area (Å²) < 4.78 is 77.1. The van der Waals surface area contributed by atoms with Gasteiger partial charge in [0.15, 0.2) is 0 Å². The number of alkyl halides is 6. The minimum absolute atomic E-state index is 0.0254. The van der Waals surface area contributed by atoms with E-state index in [0.717, 1.165) is 80.2 Å². The van der Waals surface area contributed by atoms with Gasteiger partial charge in [0.1, 0.15) is 30.6 Å². The summed E-state index contributed by atoms with van der Waals surface area (Å²) in [5, 5.41) is 31.1. The molecule has 2 aromatic heterocycles. The second-order valence-electron chi connectivity index (χ2n) is 19.5. The number of carbonyl (C=O) groups excluding carboxylic acids is 2. The van der Waals surface area contributed by atoms with Crippen molar-refractivity contribution >= 4 is 45.6 Å². The first-order valence-electron chi connectivity index (χ1n) is 25.3. The number of hydrogen-bond acceptors (Lipinski definition) is 13. The van der Waals surface area contributed by atoms with Crippen molar-refractivity contribution in [3.05, 3.63) is 131 Å². The van der Waals surface area contributed by atoms with E-state index < -0.39 is 23.5 Å². The van der Waals surface area contributed by atoms with Crippen LogP contribution < -0.4 is 21.3 Å². The molecule has 1 amide bonds. The maximum absolute atomic E-state index is 13.1. The second-order valence-corrected chi connectivity index (χ2v) is 19.5. The summed E-state index contributed by atoms with van der Waals surface area (Å²) in [4.78, 5) is 43.5. The summed E-state index contributed by atoms with van der Waals surface area (Å²) in [6.07, 6.45) is 3.55. The highest BCUT2D eigenvalue weighted by atomic mass is 19.4. The highest BCUT2D eigenvalue weighted by Crippen LogP contribution is 2.39. The molecule has 75 heavy (non-hydrogen) atoms. The summed E-state index contributed by atoms with van der Waals surface area (Å²) in [5.41, 5.74) is 3.60. The van der Waals surface area contributed by atoms with Crippen LogP contribution in [-0.4, -0.2) is 118 Å². The Morgan fingerprint density at radius 1 is 0.680 bits per heavy atom. The van der Waals surface area contributed by atoms with E-state index in [2.05, 4.69) is 82.3 Å². The smallest absolute Gasteiger partial charge is 0.392 e. The average Bonchev–Trinajstić information content (AvgIpc) is 3.40. The summed E-state index contributed by atoms with van der Waals surface area (Å²) >= 11 is 0. The lowest BCUT2D eigenvalue weighted by Gasteiger charge is -2.47. The zero-order valence-electron chi connectivity index (χ0n) is 41.5. The number of rotatable bonds is 13. The quantitative estimate of drug-likeness (QED) is 0.0547. The number of fused-ring (bicyclic) bond motifs is 2. The predicted octanol–water partition coefficient (Wildman–Crippen LogP) is 8.83. The third kappa shape index (κ3) is 13.7. The van der Waals surface area contributed by atoms with Crippen molar-refractivity contribution in [3.8, 4) is 6.07 Å². The van der Waals surface area contributed by atoms with Crippen molar-refractivity contribution in [1.29, 1.82) is 5.26 Å². The molecule has 2 saturated carbocycles. The fraction of sp³-hybridized carbons (Fsp3) is 0.436. The number of likely N-dealkylation sites (N-methyl/N-ethyl adjacent to an activating group) is 1. The van der Waals surface area contributed by atoms with Crippen LogP contribution in [0.2, 0.25) is 0 Å². The van der Waals surface area contributed by atoms with E-state index in [1.54, 1.807) is 0 Å². The van der Waals surface area contributed by atoms with Crippen LogP contribution in [0.5, 0.6) is 0 Å². The van der Waals surface area contributed by atoms with Crippen LogP contribution in [0, 0.1) is 11.3 Å². The maximum atomic E-state index is 13.1. The lowest BCUT2D eigenvalue weighted by Crippen LogP contribution is -2.63. The molecule has 396 valence electrons. The molecule has 4 aliphatic rings. The molecule has 6 aromatic rings. The Kier molecular flexibility index (Phi) is 17.9. The monoisotopic (exact) mass is 1040 g/mol. The van der Waals surface area contributed by atoms with Crippen LogP contribution in [0.15, 0.2) is 97.6 Å². The second kappa shape index (κ2) is 24.7. The molecule has 4 heterocycles. The molecule has 4 fully saturated rings. The molecule has 0 unspecified atom stereocenters. The number of anilines is 2. The number of aldehydes is 1. The summed E-state index contributed by atoms with van der Waals surface area (Å²) in [7, 11) is 2.05. The number of carbonyl (C=O) groups is 2. The molecule has 5 N–H and O–H groups in total. The Bertz CT molecular complexity index is 2930. The fourth-order valence-corrected chi connectivity index (χ4v) is 10.8. The molecule has 4 aromatic carbocycles. The van der Waals surface area contributed by atoms with E-state index in [1.807, 2.05) is 30.3 Å². The number of hydrogen-bond donors (Lipinski definition) is 5. The molecule has 20 heteroatoms. The number of aromatic nitrogens is 4. The first-order chi connectivity index (χ1) is 36.1. The minimum Gasteiger partial charge on any atom is -0.392 e. The van der Waals surface area contributed by atoms with Gasteiger partial charge in [-0.05, 0) is 129 Å². The number of amides is 1. The zero-order chi connectivity index (χ0) is 53.1. The molecule has 0 bridgehead atoms. The lowest BCUT2D eigenvalue weighted by molar-refractivity contribution is -0.138. The Hall–Kier alpha value is -6.79. The highest BCUT2D eigenvalue weighted by Gasteiger charge is 2.37. The lowest BCUT2D eigenvalue weighted by atomic mass is 9.79. The highest BCUT2D eigenvalue weighted by molar-refractivity contribution is 5.92. The minimum atomic E-state index is -4.47. The van der Waals surface area contributed by atoms with Gasteiger partial charge in [0, 0.05) is 55.1 Å². The van der Waals surface area contributed by atoms with E-state index in [-0.39, 0.29) is 54.1 Å². The molecule has 2 saturated heterocycles. The number of nitrogens with zero attached hydrogens (tertiary/aromatic N) is 7. The number of aliphatic hydroxyl groups excluding tert-OH is 1. The van der Waals surface area contributed by atoms with Crippen LogP contribution in [0.25, 0.3) is 21.8 Å². The van der Waals surface area contributed by atoms with Crippen molar-refractivity contribution < 1.29 is 41.0 Å². The first-order valence-corrected chi connectivity index (χ1v) is 25.3. The number of halogens is 6. The van der Waals surface area contributed by atoms with E-state index in [1.165, 1.54) is 74.7 Å². The number of aliphatic hydroxyl groups is 1. The van der Waals surface area contributed by atoms with Crippen LogP contribution in [0.4, 0.5) is 38.0 Å². The van der Waals surface area contributed by atoms with E-state index >= 15 is 0 Å². The van der Waals surface area contributed by atoms with Crippen LogP contribution >= 0.6 is 0 Å². The van der Waals surface area contributed by atoms with Gasteiger partial charge in [-0.3, -0.25) is 14.6 Å². The zero-order valence-corrected chi connectivity index (χ0v) is 41.5. The van der Waals surface area contributed by atoms with Gasteiger partial charge in [0.2, 0.25) is 5.91 Å². The topological polar surface area (TPSA) is 184 Å². The number of likely N-dealkylation sites (tertiary alicyclic amines) is 2. The Morgan fingerprint density at radius 2 is 1.17 bits per heavy atom. The fourth-order valence-electron chi connectivity index (χ4n) is 10.8. The summed E-state index contributed by atoms with van der Waals surface area (Å²) in [5.74, 6) is 1.24. The largest absolute Gasteiger partial charge is 0.416 e. The van der Waals surface area contributed by atoms with Crippen molar-refractivity contribution in [2.75, 3.05) is 56.9 Å². The van der Waals surface area contributed by atoms with Gasteiger partial charge in [0.05, 0.1) is 59.5 Å². The van der Waals surface area contributed by atoms with Crippen molar-refractivity contribution in [1.82, 2.24) is 40.4 Å². The van der Waals surface area contributed by atoms with Gasteiger partial charge in [-0.25, -0.2) is 19.9 Å². The summed E-state index contributed by atoms with van der Waals surface area (Å²) in [6.45, 7) is 3.96. The molecule has 2 aliphatic heterocycles. The molecule has 10 rings (SSSR count). The SMILES string of the molecule is CNC1CN(C2CCC(c3ccccc3C#N)CC2)C1.O=C(CNc1ncnc2ccc(C(F)(F)F)cc12)NC1CN(C2CCC(c3ccccc3CO)CC2)C1.O=CCNc1ncnc2ccc(C(F)(F)F)cc12. The van der Waals surface area contributed by atoms with Crippen LogP contribution in [0.1, 0.15) is 96.6 Å². The molecule has 2 aliphatic carbocycles. The standard InChI is InChI=1S/C27H30F3N5O2.C17H23N3.C11H8F3N3O/c28-27(29,30)19-7-10-24-23(11-19)26(33-16-32-24)31-12-25(37)34-20-13-35(14-20)21-8-5-17(6-9-21)22-4-2-1-3-18(22)15-36;1-19-15-11-20(12-15)16-8-6-13(7-9-16)17-5-3-2-4-14(17)10-18;12-11(13,14)7-1-2-9-8(5-7)10(15-3-4-18)17-6-16-9/h1-4,7,10-11,16-17,20-21,36H,5-6,8-9,12-15H2,(H,34,37)(H,31,32,33);2-5,13,15-16,19H,6-9,11-12H2,1H3;1-2,4-6H,3H2,(H,15,16,17). The molecule has 0 spiro atoms. The Morgan fingerprint density at radius 3 is 1.68 bits per heavy atom. The summed E-state index contributed by atoms with van der Waals surface area (Å²) in [6, 6.07) is 27.1. The normalized spacial score (nSPS) is 20.5. The third-order valence-electron chi connectivity index (χ3n) is 14.9. The molecule has 0 atom stereocenters. The maximum Gasteiger partial charge on any atom is 0.416 e. The van der Waals surface area contributed by atoms with Crippen LogP contribution in [-0.2, 0) is 28.5 Å². The molecular formula is C55H61F6N11O3. The van der Waals surface area contributed by atoms with Gasteiger partial charge in [-0.15, -0.1) is 0 Å². The van der Waals surface area contributed by atoms with Gasteiger partial charge in [0.25, 0.3) is 0 Å². The first kappa shape index (κ1) is 54.5. The Labute approximate surface area is 431 Å². The number of nitriles is 1. The van der Waals surface area contributed by atoms with Crippen molar-refractivity contribution in [2.45, 2.75) is 106 Å². The van der Waals surface area contributed by atoms with Gasteiger partial charge >= 0.3 is 12.4 Å². The van der Waals surface area contributed by atoms with Gasteiger partial charge in [-0.1, -0.05) is 42.5 Å². The van der Waals surface area contributed by atoms with Crippen molar-refractivity contribution in [2.24, 2.45) is 0 Å². The van der Waals surface area contributed by atoms with E-state index in [4.69, 9.17) is 0 Å². The van der Waals surface area contributed by atoms with Crippen LogP contribution in [0.3, 0.4) is 0 Å². The van der Waals surface area contributed by atoms with E-state index in [9.17, 15) is 46.3 Å². The number of benzene rings is 4. The predicted molar refractivity (Wildman–Crippen MR) is 274 cm³/mol. The molecule has 0 radical (unpaired) electrons. The van der Waals surface area contributed by atoms with E-state index in [0.29, 0.717) is 41.2 Å². The van der Waals surface area contributed by atoms with Gasteiger partial charge in [-0.2, -0.15) is 31.6 Å². The third-order valence-corrected chi connectivity index (χ3v) is 14.9.